The molecule has 0 aromatic heterocycles. The molecule has 7 heteroatoms. The van der Waals surface area contributed by atoms with Crippen LogP contribution in [0.15, 0.2) is 24.3 Å². The maximum Gasteiger partial charge on any atom is 0.407 e. The Hall–Kier alpha value is -2.30. The van der Waals surface area contributed by atoms with E-state index in [4.69, 9.17) is 14.7 Å². The molecule has 2 heterocycles. The lowest BCUT2D eigenvalue weighted by Crippen LogP contribution is -2.57. The molecule has 134 valence electrons. The van der Waals surface area contributed by atoms with Crippen molar-refractivity contribution >= 4 is 6.09 Å². The van der Waals surface area contributed by atoms with Gasteiger partial charge in [0.2, 0.25) is 0 Å². The number of nitrogens with zero attached hydrogens (tertiary/aromatic N) is 2. The molecule has 1 aromatic carbocycles. The van der Waals surface area contributed by atoms with Crippen LogP contribution in [0.1, 0.15) is 18.4 Å². The fourth-order valence-electron chi connectivity index (χ4n) is 3.61. The summed E-state index contributed by atoms with van der Waals surface area (Å²) in [5.41, 5.74) is 0.592. The summed E-state index contributed by atoms with van der Waals surface area (Å²) < 4.78 is 10.6. The second kappa shape index (κ2) is 8.19. The number of benzene rings is 1. The van der Waals surface area contributed by atoms with Gasteiger partial charge in [0.05, 0.1) is 24.8 Å². The van der Waals surface area contributed by atoms with Crippen LogP contribution in [0.4, 0.5) is 4.79 Å². The zero-order valence-corrected chi connectivity index (χ0v) is 14.4. The Balaban J connectivity index is 1.60. The summed E-state index contributed by atoms with van der Waals surface area (Å²) >= 11 is 0. The van der Waals surface area contributed by atoms with Crippen LogP contribution in [0.2, 0.25) is 0 Å². The molecular weight excluding hydrogens is 320 g/mol. The quantitative estimate of drug-likeness (QED) is 0.804. The Morgan fingerprint density at radius 1 is 1.36 bits per heavy atom. The Kier molecular flexibility index (Phi) is 5.74. The number of hydrogen-bond acceptors (Lipinski definition) is 6. The van der Waals surface area contributed by atoms with E-state index in [0.717, 1.165) is 19.6 Å². The van der Waals surface area contributed by atoms with E-state index in [0.29, 0.717) is 30.0 Å². The molecule has 3 atom stereocenters. The van der Waals surface area contributed by atoms with E-state index in [1.807, 2.05) is 0 Å². The van der Waals surface area contributed by atoms with Crippen molar-refractivity contribution in [1.29, 1.82) is 5.26 Å². The van der Waals surface area contributed by atoms with Gasteiger partial charge in [-0.3, -0.25) is 4.90 Å². The van der Waals surface area contributed by atoms with Crippen LogP contribution in [0.3, 0.4) is 0 Å². The number of carbonyl (C=O) groups is 1. The SMILES string of the molecule is COC(=O)N[C@H](COc1ccc(C#N)cc1)CN1C2CCC1CNC2. The minimum absolute atomic E-state index is 0.163. The zero-order chi connectivity index (χ0) is 17.6. The molecule has 0 saturated carbocycles. The summed E-state index contributed by atoms with van der Waals surface area (Å²) in [5.74, 6) is 0.680. The van der Waals surface area contributed by atoms with E-state index in [-0.39, 0.29) is 6.04 Å². The Labute approximate surface area is 147 Å². The standard InChI is InChI=1S/C18H24N4O3/c1-24-18(23)21-14(11-22-15-4-5-16(22)10-20-9-15)12-25-17-6-2-13(8-19)3-7-17/h2-3,6-7,14-16,20H,4-5,9-12H2,1H3,(H,21,23)/t14-,15?,16?/m0/s1. The molecule has 1 aromatic rings. The van der Waals surface area contributed by atoms with Crippen LogP contribution in [-0.2, 0) is 4.74 Å². The van der Waals surface area contributed by atoms with E-state index in [2.05, 4.69) is 21.6 Å². The summed E-state index contributed by atoms with van der Waals surface area (Å²) in [6, 6.07) is 9.93. The van der Waals surface area contributed by atoms with Crippen molar-refractivity contribution in [3.63, 3.8) is 0 Å². The minimum atomic E-state index is -0.448. The largest absolute Gasteiger partial charge is 0.491 e. The maximum absolute atomic E-state index is 11.7. The highest BCUT2D eigenvalue weighted by Gasteiger charge is 2.37. The number of rotatable bonds is 6. The van der Waals surface area contributed by atoms with Gasteiger partial charge in [0.15, 0.2) is 0 Å². The number of ether oxygens (including phenoxy) is 2. The normalized spacial score (nSPS) is 23.5. The fourth-order valence-corrected chi connectivity index (χ4v) is 3.61. The van der Waals surface area contributed by atoms with Crippen molar-refractivity contribution in [3.8, 4) is 11.8 Å². The van der Waals surface area contributed by atoms with Gasteiger partial charge >= 0.3 is 6.09 Å². The third kappa shape index (κ3) is 4.41. The number of hydrogen-bond donors (Lipinski definition) is 2. The monoisotopic (exact) mass is 344 g/mol. The molecule has 3 rings (SSSR count). The van der Waals surface area contributed by atoms with Crippen LogP contribution in [0.25, 0.3) is 0 Å². The van der Waals surface area contributed by atoms with E-state index in [1.165, 1.54) is 20.0 Å². The third-order valence-electron chi connectivity index (χ3n) is 4.90. The summed E-state index contributed by atoms with van der Waals surface area (Å²) in [7, 11) is 1.36. The molecule has 0 aliphatic carbocycles. The molecule has 2 fully saturated rings. The number of amides is 1. The Bertz CT molecular complexity index is 612. The van der Waals surface area contributed by atoms with Gasteiger partial charge in [-0.2, -0.15) is 5.26 Å². The molecule has 2 aliphatic rings. The lowest BCUT2D eigenvalue weighted by molar-refractivity contribution is 0.113. The summed E-state index contributed by atoms with van der Waals surface area (Å²) in [6.45, 7) is 3.09. The Morgan fingerprint density at radius 2 is 2.04 bits per heavy atom. The lowest BCUT2D eigenvalue weighted by atomic mass is 10.1. The van der Waals surface area contributed by atoms with E-state index >= 15 is 0 Å². The first kappa shape index (κ1) is 17.5. The van der Waals surface area contributed by atoms with E-state index < -0.39 is 6.09 Å². The van der Waals surface area contributed by atoms with Crippen molar-refractivity contribution in [2.24, 2.45) is 0 Å². The highest BCUT2D eigenvalue weighted by Crippen LogP contribution is 2.26. The third-order valence-corrected chi connectivity index (χ3v) is 4.90. The van der Waals surface area contributed by atoms with Gasteiger partial charge in [0.25, 0.3) is 0 Å². The maximum atomic E-state index is 11.7. The number of methoxy groups -OCH3 is 1. The van der Waals surface area contributed by atoms with Crippen LogP contribution in [0.5, 0.6) is 5.75 Å². The molecule has 7 nitrogen and oxygen atoms in total. The first-order valence-corrected chi connectivity index (χ1v) is 8.63. The average Bonchev–Trinajstić information content (AvgIpc) is 2.86. The van der Waals surface area contributed by atoms with Crippen LogP contribution < -0.4 is 15.4 Å². The van der Waals surface area contributed by atoms with Gasteiger partial charge in [0.1, 0.15) is 12.4 Å². The molecule has 2 unspecified atom stereocenters. The van der Waals surface area contributed by atoms with Gasteiger partial charge in [-0.15, -0.1) is 0 Å². The zero-order valence-electron chi connectivity index (χ0n) is 14.4. The van der Waals surface area contributed by atoms with Crippen molar-refractivity contribution in [3.05, 3.63) is 29.8 Å². The van der Waals surface area contributed by atoms with Crippen molar-refractivity contribution in [2.45, 2.75) is 31.0 Å². The van der Waals surface area contributed by atoms with Crippen molar-refractivity contribution in [2.75, 3.05) is 33.4 Å². The molecular formula is C18H24N4O3. The first-order chi connectivity index (χ1) is 12.2. The first-order valence-electron chi connectivity index (χ1n) is 8.63. The van der Waals surface area contributed by atoms with Crippen LogP contribution in [-0.4, -0.2) is 62.5 Å². The topological polar surface area (TPSA) is 86.6 Å². The van der Waals surface area contributed by atoms with Gasteiger partial charge in [-0.05, 0) is 37.1 Å². The van der Waals surface area contributed by atoms with Crippen molar-refractivity contribution in [1.82, 2.24) is 15.5 Å². The molecule has 0 spiro atoms. The lowest BCUT2D eigenvalue weighted by Gasteiger charge is -2.37. The predicted octanol–water partition coefficient (Wildman–Crippen LogP) is 1.10. The predicted molar refractivity (Wildman–Crippen MR) is 92.4 cm³/mol. The number of alkyl carbamates (subject to hydrolysis) is 1. The van der Waals surface area contributed by atoms with Gasteiger partial charge in [0, 0.05) is 31.7 Å². The Morgan fingerprint density at radius 3 is 2.64 bits per heavy atom. The van der Waals surface area contributed by atoms with Crippen LogP contribution in [0, 0.1) is 11.3 Å². The van der Waals surface area contributed by atoms with Crippen molar-refractivity contribution < 1.29 is 14.3 Å². The molecule has 25 heavy (non-hydrogen) atoms. The summed E-state index contributed by atoms with van der Waals surface area (Å²) in [4.78, 5) is 14.2. The van der Waals surface area contributed by atoms with E-state index in [1.54, 1.807) is 24.3 Å². The number of carbonyl (C=O) groups excluding carboxylic acids is 1. The average molecular weight is 344 g/mol. The smallest absolute Gasteiger partial charge is 0.407 e. The molecule has 2 saturated heterocycles. The number of nitriles is 1. The highest BCUT2D eigenvalue weighted by atomic mass is 16.5. The molecule has 2 N–H and O–H groups in total. The molecule has 2 aliphatic heterocycles. The number of piperazine rings is 1. The number of fused-ring (bicyclic) bond motifs is 2. The van der Waals surface area contributed by atoms with E-state index in [9.17, 15) is 4.79 Å². The molecule has 1 amide bonds. The fraction of sp³-hybridized carbons (Fsp3) is 0.556. The van der Waals surface area contributed by atoms with Gasteiger partial charge in [-0.25, -0.2) is 4.79 Å². The second-order valence-electron chi connectivity index (χ2n) is 6.52. The highest BCUT2D eigenvalue weighted by molar-refractivity contribution is 5.67. The van der Waals surface area contributed by atoms with Crippen LogP contribution >= 0.6 is 0 Å². The summed E-state index contributed by atoms with van der Waals surface area (Å²) in [5, 5.41) is 15.2. The summed E-state index contributed by atoms with van der Waals surface area (Å²) in [6.07, 6.45) is 1.94. The minimum Gasteiger partial charge on any atom is -0.491 e. The molecule has 0 radical (unpaired) electrons. The number of nitrogens with one attached hydrogen (secondary N) is 2. The molecule has 2 bridgehead atoms. The van der Waals surface area contributed by atoms with Gasteiger partial charge < -0.3 is 20.1 Å². The van der Waals surface area contributed by atoms with Gasteiger partial charge in [-0.1, -0.05) is 0 Å². The second-order valence-corrected chi connectivity index (χ2v) is 6.52.